The van der Waals surface area contributed by atoms with Crippen molar-refractivity contribution in [2.24, 2.45) is 0 Å². The van der Waals surface area contributed by atoms with Gasteiger partial charge in [-0.15, -0.1) is 0 Å². The number of ether oxygens (including phenoxy) is 1. The summed E-state index contributed by atoms with van der Waals surface area (Å²) in [5, 5.41) is 9.76. The first kappa shape index (κ1) is 21.3. The average Bonchev–Trinajstić information content (AvgIpc) is 3.06. The number of carbonyl (C=O) groups is 2. The van der Waals surface area contributed by atoms with E-state index in [9.17, 15) is 9.59 Å². The second-order valence-corrected chi connectivity index (χ2v) is 8.47. The third kappa shape index (κ3) is 5.16. The lowest BCUT2D eigenvalue weighted by atomic mass is 10.2. The molecule has 2 aromatic rings. The number of nitrogens with zero attached hydrogens (tertiary/aromatic N) is 3. The molecular weight excluding hydrogens is 370 g/mol. The third-order valence-electron chi connectivity index (χ3n) is 5.05. The molecule has 1 saturated heterocycles. The van der Waals surface area contributed by atoms with Crippen LogP contribution in [0.5, 0.6) is 0 Å². The first-order valence-electron chi connectivity index (χ1n) is 10.3. The van der Waals surface area contributed by atoms with Gasteiger partial charge in [-0.05, 0) is 52.3 Å². The number of fused-ring (bicyclic) bond motifs is 1. The molecule has 29 heavy (non-hydrogen) atoms. The molecule has 0 atom stereocenters. The van der Waals surface area contributed by atoms with Gasteiger partial charge in [0.25, 0.3) is 5.91 Å². The number of amides is 1. The summed E-state index contributed by atoms with van der Waals surface area (Å²) in [5.74, 6) is -0.151. The van der Waals surface area contributed by atoms with Crippen molar-refractivity contribution < 1.29 is 19.4 Å². The predicted molar refractivity (Wildman–Crippen MR) is 112 cm³/mol. The van der Waals surface area contributed by atoms with Crippen molar-refractivity contribution >= 4 is 22.9 Å². The zero-order valence-corrected chi connectivity index (χ0v) is 17.6. The van der Waals surface area contributed by atoms with Crippen LogP contribution in [0, 0.1) is 0 Å². The standard InChI is InChI=1S/C22H31N3O4/c1-22(2,3)29-21(28)25-18-9-5-4-8-17(18)16-19(25)20(27)24-13-11-23(12-14-24)10-6-7-15-26/h4-5,8-9,16,26H,6-7,10-15H2,1-3H3. The highest BCUT2D eigenvalue weighted by molar-refractivity contribution is 6.03. The molecule has 0 bridgehead atoms. The lowest BCUT2D eigenvalue weighted by molar-refractivity contribution is 0.0505. The van der Waals surface area contributed by atoms with Crippen molar-refractivity contribution in [1.82, 2.24) is 14.4 Å². The Morgan fingerprint density at radius 3 is 2.41 bits per heavy atom. The fourth-order valence-corrected chi connectivity index (χ4v) is 3.60. The third-order valence-corrected chi connectivity index (χ3v) is 5.05. The number of aliphatic hydroxyl groups is 1. The van der Waals surface area contributed by atoms with Crippen LogP contribution in [0.3, 0.4) is 0 Å². The molecule has 7 heteroatoms. The van der Waals surface area contributed by atoms with E-state index in [-0.39, 0.29) is 12.5 Å². The molecule has 0 radical (unpaired) electrons. The number of hydrogen-bond donors (Lipinski definition) is 1. The molecular formula is C22H31N3O4. The van der Waals surface area contributed by atoms with Crippen LogP contribution in [-0.2, 0) is 4.74 Å². The lowest BCUT2D eigenvalue weighted by Crippen LogP contribution is -2.49. The minimum Gasteiger partial charge on any atom is -0.443 e. The molecule has 0 saturated carbocycles. The number of hydrogen-bond acceptors (Lipinski definition) is 5. The van der Waals surface area contributed by atoms with Gasteiger partial charge in [0.05, 0.1) is 5.52 Å². The Labute approximate surface area is 171 Å². The zero-order chi connectivity index (χ0) is 21.0. The Morgan fingerprint density at radius 2 is 1.76 bits per heavy atom. The van der Waals surface area contributed by atoms with Gasteiger partial charge in [-0.25, -0.2) is 9.36 Å². The summed E-state index contributed by atoms with van der Waals surface area (Å²) < 4.78 is 6.96. The first-order valence-corrected chi connectivity index (χ1v) is 10.3. The number of benzene rings is 1. The van der Waals surface area contributed by atoms with E-state index >= 15 is 0 Å². The van der Waals surface area contributed by atoms with Crippen LogP contribution in [0.15, 0.2) is 30.3 Å². The smallest absolute Gasteiger partial charge is 0.419 e. The highest BCUT2D eigenvalue weighted by Crippen LogP contribution is 2.23. The average molecular weight is 402 g/mol. The van der Waals surface area contributed by atoms with Gasteiger partial charge in [0.1, 0.15) is 11.3 Å². The topological polar surface area (TPSA) is 75.0 Å². The summed E-state index contributed by atoms with van der Waals surface area (Å²) in [4.78, 5) is 30.3. The van der Waals surface area contributed by atoms with Gasteiger partial charge in [0.2, 0.25) is 0 Å². The lowest BCUT2D eigenvalue weighted by Gasteiger charge is -2.34. The highest BCUT2D eigenvalue weighted by Gasteiger charge is 2.29. The number of rotatable bonds is 5. The van der Waals surface area contributed by atoms with Gasteiger partial charge < -0.3 is 14.7 Å². The van der Waals surface area contributed by atoms with Crippen molar-refractivity contribution in [1.29, 1.82) is 0 Å². The summed E-state index contributed by atoms with van der Waals surface area (Å²) in [7, 11) is 0. The maximum absolute atomic E-state index is 13.3. The quantitative estimate of drug-likeness (QED) is 0.780. The largest absolute Gasteiger partial charge is 0.443 e. The number of para-hydroxylation sites is 1. The van der Waals surface area contributed by atoms with Crippen LogP contribution in [0.4, 0.5) is 4.79 Å². The summed E-state index contributed by atoms with van der Waals surface area (Å²) in [5.41, 5.74) is 0.366. The Bertz CT molecular complexity index is 861. The zero-order valence-electron chi connectivity index (χ0n) is 17.6. The molecule has 3 rings (SSSR count). The SMILES string of the molecule is CC(C)(C)OC(=O)n1c(C(=O)N2CCN(CCCCO)CC2)cc2ccccc21. The molecule has 2 heterocycles. The van der Waals surface area contributed by atoms with Crippen molar-refractivity contribution in [3.8, 4) is 0 Å². The summed E-state index contributed by atoms with van der Waals surface area (Å²) in [6, 6.07) is 9.24. The highest BCUT2D eigenvalue weighted by atomic mass is 16.6. The number of carbonyl (C=O) groups excluding carboxylic acids is 2. The number of aromatic nitrogens is 1. The van der Waals surface area contributed by atoms with Gasteiger partial charge in [-0.1, -0.05) is 18.2 Å². The molecule has 1 aliphatic heterocycles. The molecule has 0 spiro atoms. The van der Waals surface area contributed by atoms with Gasteiger partial charge in [0.15, 0.2) is 0 Å². The fraction of sp³-hybridized carbons (Fsp3) is 0.545. The Morgan fingerprint density at radius 1 is 1.07 bits per heavy atom. The Balaban J connectivity index is 1.79. The molecule has 158 valence electrons. The van der Waals surface area contributed by atoms with Crippen molar-refractivity contribution in [2.75, 3.05) is 39.3 Å². The van der Waals surface area contributed by atoms with E-state index in [1.54, 1.807) is 11.0 Å². The maximum Gasteiger partial charge on any atom is 0.419 e. The van der Waals surface area contributed by atoms with Crippen LogP contribution in [0.25, 0.3) is 10.9 Å². The van der Waals surface area contributed by atoms with E-state index in [0.717, 1.165) is 37.9 Å². The Hall–Kier alpha value is -2.38. The maximum atomic E-state index is 13.3. The molecule has 1 aromatic heterocycles. The van der Waals surface area contributed by atoms with E-state index < -0.39 is 11.7 Å². The minimum absolute atomic E-state index is 0.151. The van der Waals surface area contributed by atoms with E-state index in [4.69, 9.17) is 9.84 Å². The van der Waals surface area contributed by atoms with Gasteiger partial charge in [0, 0.05) is 38.2 Å². The molecule has 0 aliphatic carbocycles. The minimum atomic E-state index is -0.650. The van der Waals surface area contributed by atoms with Crippen molar-refractivity contribution in [3.63, 3.8) is 0 Å². The van der Waals surface area contributed by atoms with Crippen molar-refractivity contribution in [2.45, 2.75) is 39.2 Å². The van der Waals surface area contributed by atoms with Crippen molar-refractivity contribution in [3.05, 3.63) is 36.0 Å². The summed E-state index contributed by atoms with van der Waals surface area (Å²) in [6.07, 6.45) is 1.22. The predicted octanol–water partition coefficient (Wildman–Crippen LogP) is 2.95. The van der Waals surface area contributed by atoms with Crippen LogP contribution in [-0.4, -0.2) is 76.4 Å². The molecule has 7 nitrogen and oxygen atoms in total. The Kier molecular flexibility index (Phi) is 6.59. The number of aliphatic hydroxyl groups excluding tert-OH is 1. The number of unbranched alkanes of at least 4 members (excludes halogenated alkanes) is 1. The van der Waals surface area contributed by atoms with E-state index in [0.29, 0.717) is 24.3 Å². The summed E-state index contributed by atoms with van der Waals surface area (Å²) in [6.45, 7) is 9.42. The molecule has 1 aromatic carbocycles. The molecule has 1 aliphatic rings. The molecule has 1 N–H and O–H groups in total. The molecule has 1 amide bonds. The van der Waals surface area contributed by atoms with Gasteiger partial charge in [-0.3, -0.25) is 9.69 Å². The second kappa shape index (κ2) is 8.97. The van der Waals surface area contributed by atoms with Gasteiger partial charge >= 0.3 is 6.09 Å². The van der Waals surface area contributed by atoms with E-state index in [1.165, 1.54) is 4.57 Å². The van der Waals surface area contributed by atoms with Crippen LogP contribution < -0.4 is 0 Å². The van der Waals surface area contributed by atoms with Gasteiger partial charge in [-0.2, -0.15) is 0 Å². The van der Waals surface area contributed by atoms with Crippen LogP contribution >= 0.6 is 0 Å². The summed E-state index contributed by atoms with van der Waals surface area (Å²) >= 11 is 0. The van der Waals surface area contributed by atoms with E-state index in [2.05, 4.69) is 4.90 Å². The molecule has 0 unspecified atom stereocenters. The van der Waals surface area contributed by atoms with Crippen LogP contribution in [0.2, 0.25) is 0 Å². The van der Waals surface area contributed by atoms with E-state index in [1.807, 2.05) is 45.0 Å². The monoisotopic (exact) mass is 401 g/mol. The second-order valence-electron chi connectivity index (χ2n) is 8.47. The van der Waals surface area contributed by atoms with Crippen LogP contribution in [0.1, 0.15) is 44.1 Å². The fourth-order valence-electron chi connectivity index (χ4n) is 3.60. The number of piperazine rings is 1. The normalized spacial score (nSPS) is 15.7. The molecule has 1 fully saturated rings. The first-order chi connectivity index (χ1) is 13.8.